The maximum absolute atomic E-state index is 13.1. The van der Waals surface area contributed by atoms with Crippen LogP contribution in [0.4, 0.5) is 5.69 Å². The van der Waals surface area contributed by atoms with Crippen molar-refractivity contribution >= 4 is 38.9 Å². The van der Waals surface area contributed by atoms with E-state index >= 15 is 0 Å². The molecular formula is C23H31N3O4S2. The molecule has 7 nitrogen and oxygen atoms in total. The van der Waals surface area contributed by atoms with Gasteiger partial charge in [0, 0.05) is 30.1 Å². The van der Waals surface area contributed by atoms with Crippen LogP contribution in [-0.4, -0.2) is 38.9 Å². The van der Waals surface area contributed by atoms with Gasteiger partial charge in [0.1, 0.15) is 6.04 Å². The minimum atomic E-state index is -3.91. The zero-order valence-corrected chi connectivity index (χ0v) is 20.8. The molecule has 3 rings (SSSR count). The molecule has 174 valence electrons. The Bertz CT molecular complexity index is 1110. The number of nitrogens with one attached hydrogen (secondary N) is 2. The highest BCUT2D eigenvalue weighted by Crippen LogP contribution is 2.34. The van der Waals surface area contributed by atoms with Gasteiger partial charge in [-0.1, -0.05) is 13.8 Å². The van der Waals surface area contributed by atoms with E-state index < -0.39 is 16.1 Å². The molecule has 2 atom stereocenters. The van der Waals surface area contributed by atoms with Gasteiger partial charge in [-0.3, -0.25) is 9.59 Å². The molecule has 2 aromatic rings. The van der Waals surface area contributed by atoms with Crippen LogP contribution in [-0.2, 0) is 32.5 Å². The van der Waals surface area contributed by atoms with Crippen molar-refractivity contribution in [1.29, 1.82) is 0 Å². The Hall–Kier alpha value is -2.23. The van der Waals surface area contributed by atoms with Crippen molar-refractivity contribution in [3.63, 3.8) is 0 Å². The first kappa shape index (κ1) is 24.4. The second-order valence-corrected chi connectivity index (χ2v) is 11.4. The number of rotatable bonds is 8. The van der Waals surface area contributed by atoms with Gasteiger partial charge >= 0.3 is 0 Å². The quantitative estimate of drug-likeness (QED) is 0.611. The molecule has 1 aromatic heterocycles. The summed E-state index contributed by atoms with van der Waals surface area (Å²) >= 11 is 1.65. The number of carbonyl (C=O) groups is 2. The molecule has 2 heterocycles. The van der Waals surface area contributed by atoms with Crippen molar-refractivity contribution in [2.45, 2.75) is 64.4 Å². The van der Waals surface area contributed by atoms with Crippen molar-refractivity contribution in [3.05, 3.63) is 45.6 Å². The molecule has 2 unspecified atom stereocenters. The molecule has 0 saturated carbocycles. The first-order valence-electron chi connectivity index (χ1n) is 10.8. The van der Waals surface area contributed by atoms with E-state index in [-0.39, 0.29) is 28.7 Å². The number of sulfonamides is 1. The van der Waals surface area contributed by atoms with Crippen LogP contribution in [0.3, 0.4) is 0 Å². The van der Waals surface area contributed by atoms with Crippen molar-refractivity contribution in [3.8, 4) is 0 Å². The highest BCUT2D eigenvalue weighted by atomic mass is 32.2. The largest absolute Gasteiger partial charge is 0.354 e. The van der Waals surface area contributed by atoms with Crippen molar-refractivity contribution < 1.29 is 18.0 Å². The molecule has 2 N–H and O–H groups in total. The molecule has 2 amide bonds. The first-order valence-corrected chi connectivity index (χ1v) is 13.1. The summed E-state index contributed by atoms with van der Waals surface area (Å²) in [5.41, 5.74) is 2.75. The van der Waals surface area contributed by atoms with Crippen LogP contribution < -0.4 is 14.9 Å². The third kappa shape index (κ3) is 5.22. The van der Waals surface area contributed by atoms with Gasteiger partial charge in [-0.25, -0.2) is 8.42 Å². The lowest BCUT2D eigenvalue weighted by molar-refractivity contribution is -0.123. The highest BCUT2D eigenvalue weighted by molar-refractivity contribution is 7.89. The van der Waals surface area contributed by atoms with Gasteiger partial charge in [0.15, 0.2) is 0 Å². The Morgan fingerprint density at radius 1 is 1.25 bits per heavy atom. The van der Waals surface area contributed by atoms with E-state index in [0.717, 1.165) is 11.3 Å². The average molecular weight is 478 g/mol. The molecule has 0 radical (unpaired) electrons. The van der Waals surface area contributed by atoms with Gasteiger partial charge in [-0.15, -0.1) is 11.3 Å². The maximum atomic E-state index is 13.1. The van der Waals surface area contributed by atoms with Gasteiger partial charge in [0.2, 0.25) is 21.8 Å². The predicted octanol–water partition coefficient (Wildman–Crippen LogP) is 3.02. The molecule has 0 saturated heterocycles. The van der Waals surface area contributed by atoms with Gasteiger partial charge in [-0.05, 0) is 73.4 Å². The van der Waals surface area contributed by atoms with Gasteiger partial charge in [0.05, 0.1) is 4.90 Å². The molecule has 0 spiro atoms. The second kappa shape index (κ2) is 9.72. The number of benzene rings is 1. The number of hydrogen-bond acceptors (Lipinski definition) is 5. The number of fused-ring (bicyclic) bond motifs is 1. The van der Waals surface area contributed by atoms with Crippen LogP contribution in [0.25, 0.3) is 0 Å². The topological polar surface area (TPSA) is 95.6 Å². The fourth-order valence-electron chi connectivity index (χ4n) is 4.05. The fraction of sp³-hybridized carbons (Fsp3) is 0.478. The Balaban J connectivity index is 1.71. The molecule has 0 aliphatic carbocycles. The molecule has 32 heavy (non-hydrogen) atoms. The van der Waals surface area contributed by atoms with Crippen LogP contribution in [0.1, 0.15) is 43.7 Å². The summed E-state index contributed by atoms with van der Waals surface area (Å²) in [6, 6.07) is 5.90. The summed E-state index contributed by atoms with van der Waals surface area (Å²) < 4.78 is 28.7. The molecule has 1 aliphatic rings. The van der Waals surface area contributed by atoms with Crippen molar-refractivity contribution in [2.75, 3.05) is 11.4 Å². The summed E-state index contributed by atoms with van der Waals surface area (Å²) in [4.78, 5) is 27.7. The summed E-state index contributed by atoms with van der Waals surface area (Å²) in [5, 5.41) is 4.88. The minimum absolute atomic E-state index is 0.0189. The van der Waals surface area contributed by atoms with E-state index in [1.807, 2.05) is 39.1 Å². The number of carbonyl (C=O) groups excluding carboxylic acids is 2. The maximum Gasteiger partial charge on any atom is 0.241 e. The minimum Gasteiger partial charge on any atom is -0.354 e. The van der Waals surface area contributed by atoms with Gasteiger partial charge in [-0.2, -0.15) is 4.72 Å². The van der Waals surface area contributed by atoms with E-state index in [4.69, 9.17) is 0 Å². The summed E-state index contributed by atoms with van der Waals surface area (Å²) in [5.74, 6) is -0.634. The summed E-state index contributed by atoms with van der Waals surface area (Å²) in [7, 11) is -3.91. The van der Waals surface area contributed by atoms with Crippen LogP contribution in [0.5, 0.6) is 0 Å². The number of thiophene rings is 1. The highest BCUT2D eigenvalue weighted by Gasteiger charge is 2.32. The summed E-state index contributed by atoms with van der Waals surface area (Å²) in [6.45, 7) is 9.54. The number of nitrogens with zero attached hydrogens (tertiary/aromatic N) is 1. The Labute approximate surface area is 194 Å². The number of amides is 2. The van der Waals surface area contributed by atoms with Gasteiger partial charge < -0.3 is 10.2 Å². The lowest BCUT2D eigenvalue weighted by atomic mass is 10.1. The number of anilines is 1. The van der Waals surface area contributed by atoms with Crippen LogP contribution in [0.15, 0.2) is 34.5 Å². The average Bonchev–Trinajstić information content (AvgIpc) is 3.26. The van der Waals surface area contributed by atoms with E-state index in [1.54, 1.807) is 28.4 Å². The first-order chi connectivity index (χ1) is 15.0. The Morgan fingerprint density at radius 2 is 1.97 bits per heavy atom. The smallest absolute Gasteiger partial charge is 0.241 e. The van der Waals surface area contributed by atoms with E-state index in [9.17, 15) is 18.0 Å². The monoisotopic (exact) mass is 477 g/mol. The number of hydrogen-bond donors (Lipinski definition) is 2. The van der Waals surface area contributed by atoms with Crippen LogP contribution >= 0.6 is 11.3 Å². The lowest BCUT2D eigenvalue weighted by Crippen LogP contribution is -2.49. The lowest BCUT2D eigenvalue weighted by Gasteiger charge is -2.22. The Kier molecular flexibility index (Phi) is 7.42. The van der Waals surface area contributed by atoms with E-state index in [2.05, 4.69) is 10.0 Å². The number of aryl methyl sites for hydroxylation is 1. The SMILES string of the molecule is CC(=O)N1c2ccc(S(=O)(=O)NC(C(=O)NCCc3sccc3C)C(C)C)cc2CC1C. The summed E-state index contributed by atoms with van der Waals surface area (Å²) in [6.07, 6.45) is 1.30. The van der Waals surface area contributed by atoms with Crippen LogP contribution in [0, 0.1) is 12.8 Å². The molecule has 9 heteroatoms. The van der Waals surface area contributed by atoms with Crippen LogP contribution in [0.2, 0.25) is 0 Å². The molecular weight excluding hydrogens is 446 g/mol. The fourth-order valence-corrected chi connectivity index (χ4v) is 6.36. The molecule has 0 fully saturated rings. The molecule has 0 bridgehead atoms. The Morgan fingerprint density at radius 3 is 2.56 bits per heavy atom. The standard InChI is InChI=1S/C23H31N3O4S2/c1-14(2)22(23(28)24-10-8-21-15(3)9-11-31-21)25-32(29,30)19-6-7-20-18(13-19)12-16(4)26(20)17(5)27/h6-7,9,11,13-14,16,22,25H,8,10,12H2,1-5H3,(H,24,28). The zero-order valence-electron chi connectivity index (χ0n) is 19.1. The van der Waals surface area contributed by atoms with Gasteiger partial charge in [0.25, 0.3) is 0 Å². The normalized spacial score (nSPS) is 16.8. The van der Waals surface area contributed by atoms with Crippen molar-refractivity contribution in [1.82, 2.24) is 10.0 Å². The zero-order chi connectivity index (χ0) is 23.6. The van der Waals surface area contributed by atoms with E-state index in [0.29, 0.717) is 19.4 Å². The van der Waals surface area contributed by atoms with Crippen molar-refractivity contribution in [2.24, 2.45) is 5.92 Å². The molecule has 1 aromatic carbocycles. The predicted molar refractivity (Wildman–Crippen MR) is 127 cm³/mol. The third-order valence-corrected chi connectivity index (χ3v) is 8.29. The third-order valence-electron chi connectivity index (χ3n) is 5.77. The second-order valence-electron chi connectivity index (χ2n) is 8.64. The van der Waals surface area contributed by atoms with E-state index in [1.165, 1.54) is 23.4 Å². The molecule has 1 aliphatic heterocycles.